The topological polar surface area (TPSA) is 49.8 Å². The number of methoxy groups -OCH3 is 1. The molecule has 0 bridgehead atoms. The maximum atomic E-state index is 11.0. The van der Waals surface area contributed by atoms with Crippen molar-refractivity contribution >= 4 is 5.97 Å². The molecule has 0 aromatic carbocycles. The van der Waals surface area contributed by atoms with Gasteiger partial charge >= 0.3 is 5.97 Å². The van der Waals surface area contributed by atoms with Crippen LogP contribution in [-0.4, -0.2) is 47.8 Å². The van der Waals surface area contributed by atoms with Gasteiger partial charge in [0.2, 0.25) is 0 Å². The Kier molecular flexibility index (Phi) is 4.11. The van der Waals surface area contributed by atoms with E-state index in [9.17, 15) is 4.79 Å². The summed E-state index contributed by atoms with van der Waals surface area (Å²) >= 11 is 0. The van der Waals surface area contributed by atoms with Crippen molar-refractivity contribution in [1.29, 1.82) is 0 Å². The van der Waals surface area contributed by atoms with Crippen LogP contribution in [0.5, 0.6) is 0 Å². The normalized spacial score (nSPS) is 30.1. The monoisotopic (exact) mass is 215 g/mol. The van der Waals surface area contributed by atoms with Crippen molar-refractivity contribution in [3.8, 4) is 0 Å². The van der Waals surface area contributed by atoms with Crippen LogP contribution in [-0.2, 0) is 9.53 Å². The van der Waals surface area contributed by atoms with E-state index in [1.165, 1.54) is 0 Å². The molecule has 1 heterocycles. The average Bonchev–Trinajstić information content (AvgIpc) is 2.18. The van der Waals surface area contributed by atoms with E-state index in [4.69, 9.17) is 9.84 Å². The van der Waals surface area contributed by atoms with E-state index in [0.717, 1.165) is 19.4 Å². The molecule has 1 fully saturated rings. The molecule has 0 aromatic heterocycles. The quantitative estimate of drug-likeness (QED) is 0.769. The minimum atomic E-state index is -0.724. The molecule has 0 radical (unpaired) electrons. The zero-order chi connectivity index (χ0) is 11.5. The summed E-state index contributed by atoms with van der Waals surface area (Å²) in [6, 6.07) is -0.361. The van der Waals surface area contributed by atoms with E-state index in [-0.39, 0.29) is 11.6 Å². The summed E-state index contributed by atoms with van der Waals surface area (Å²) in [6.07, 6.45) is 2.67. The number of piperidine rings is 1. The molecular formula is C11H21NO3. The van der Waals surface area contributed by atoms with E-state index in [1.54, 1.807) is 7.11 Å². The lowest BCUT2D eigenvalue weighted by atomic mass is 9.93. The van der Waals surface area contributed by atoms with E-state index in [2.05, 4.69) is 0 Å². The smallest absolute Gasteiger partial charge is 0.320 e. The first kappa shape index (κ1) is 12.5. The molecular weight excluding hydrogens is 194 g/mol. The van der Waals surface area contributed by atoms with E-state index >= 15 is 0 Å². The molecule has 15 heavy (non-hydrogen) atoms. The summed E-state index contributed by atoms with van der Waals surface area (Å²) in [6.45, 7) is 5.54. The molecule has 2 atom stereocenters. The molecule has 0 aliphatic carbocycles. The summed E-state index contributed by atoms with van der Waals surface area (Å²) in [4.78, 5) is 13.1. The van der Waals surface area contributed by atoms with Crippen LogP contribution in [0.15, 0.2) is 0 Å². The second kappa shape index (κ2) is 4.94. The molecule has 1 aliphatic heterocycles. The summed E-state index contributed by atoms with van der Waals surface area (Å²) in [5.41, 5.74) is -0.179. The highest BCUT2D eigenvalue weighted by Gasteiger charge is 2.35. The van der Waals surface area contributed by atoms with Gasteiger partial charge in [0, 0.05) is 13.7 Å². The van der Waals surface area contributed by atoms with Gasteiger partial charge in [0.1, 0.15) is 6.04 Å². The van der Waals surface area contributed by atoms with Gasteiger partial charge in [0.25, 0.3) is 0 Å². The van der Waals surface area contributed by atoms with Crippen LogP contribution in [0.25, 0.3) is 0 Å². The first-order chi connectivity index (χ1) is 7.02. The average molecular weight is 215 g/mol. The number of carbonyl (C=O) groups is 1. The zero-order valence-electron chi connectivity index (χ0n) is 9.82. The van der Waals surface area contributed by atoms with Crippen LogP contribution in [0.1, 0.15) is 33.1 Å². The van der Waals surface area contributed by atoms with Gasteiger partial charge in [-0.3, -0.25) is 9.69 Å². The van der Waals surface area contributed by atoms with Gasteiger partial charge in [-0.05, 0) is 32.7 Å². The number of likely N-dealkylation sites (tertiary alicyclic amines) is 1. The Morgan fingerprint density at radius 1 is 1.67 bits per heavy atom. The number of aliphatic carboxylic acids is 1. The highest BCUT2D eigenvalue weighted by Crippen LogP contribution is 2.25. The van der Waals surface area contributed by atoms with Gasteiger partial charge in [-0.15, -0.1) is 0 Å². The van der Waals surface area contributed by atoms with Crippen LogP contribution in [0, 0.1) is 0 Å². The van der Waals surface area contributed by atoms with Crippen molar-refractivity contribution in [2.24, 2.45) is 0 Å². The Hall–Kier alpha value is -0.610. The number of hydrogen-bond donors (Lipinski definition) is 1. The highest BCUT2D eigenvalue weighted by atomic mass is 16.5. The number of ether oxygens (including phenoxy) is 1. The Labute approximate surface area is 91.2 Å². The van der Waals surface area contributed by atoms with E-state index < -0.39 is 5.97 Å². The standard InChI is InChI=1S/C11H21NO3/c1-4-9(10(13)14)12-7-5-6-11(2,8-12)15-3/h9H,4-8H2,1-3H3,(H,13,14). The molecule has 1 saturated heterocycles. The Morgan fingerprint density at radius 3 is 2.80 bits per heavy atom. The molecule has 0 spiro atoms. The third-order valence-corrected chi connectivity index (χ3v) is 3.29. The summed E-state index contributed by atoms with van der Waals surface area (Å²) in [5.74, 6) is -0.724. The molecule has 2 unspecified atom stereocenters. The Bertz CT molecular complexity index is 232. The number of carboxylic acid groups (broad SMARTS) is 1. The van der Waals surface area contributed by atoms with Gasteiger partial charge in [0.15, 0.2) is 0 Å². The lowest BCUT2D eigenvalue weighted by Gasteiger charge is -2.41. The first-order valence-electron chi connectivity index (χ1n) is 5.54. The largest absolute Gasteiger partial charge is 0.480 e. The number of hydrogen-bond acceptors (Lipinski definition) is 3. The van der Waals surface area contributed by atoms with Crippen molar-refractivity contribution in [1.82, 2.24) is 4.90 Å². The van der Waals surface area contributed by atoms with Gasteiger partial charge in [-0.25, -0.2) is 0 Å². The first-order valence-corrected chi connectivity index (χ1v) is 5.54. The number of nitrogens with zero attached hydrogens (tertiary/aromatic N) is 1. The van der Waals surface area contributed by atoms with Crippen molar-refractivity contribution in [3.05, 3.63) is 0 Å². The van der Waals surface area contributed by atoms with Crippen molar-refractivity contribution in [3.63, 3.8) is 0 Å². The fourth-order valence-electron chi connectivity index (χ4n) is 2.27. The van der Waals surface area contributed by atoms with Crippen LogP contribution in [0.4, 0.5) is 0 Å². The SMILES string of the molecule is CCC(C(=O)O)N1CCCC(C)(OC)C1. The van der Waals surface area contributed by atoms with Crippen LogP contribution in [0.3, 0.4) is 0 Å². The van der Waals surface area contributed by atoms with Gasteiger partial charge in [-0.1, -0.05) is 6.92 Å². The number of carboxylic acids is 1. The predicted molar refractivity (Wildman–Crippen MR) is 57.9 cm³/mol. The molecule has 0 amide bonds. The van der Waals surface area contributed by atoms with Crippen LogP contribution >= 0.6 is 0 Å². The zero-order valence-corrected chi connectivity index (χ0v) is 9.82. The van der Waals surface area contributed by atoms with Crippen molar-refractivity contribution < 1.29 is 14.6 Å². The summed E-state index contributed by atoms with van der Waals surface area (Å²) in [7, 11) is 1.70. The second-order valence-corrected chi connectivity index (χ2v) is 4.49. The van der Waals surface area contributed by atoms with Gasteiger partial charge < -0.3 is 9.84 Å². The van der Waals surface area contributed by atoms with Crippen molar-refractivity contribution in [2.75, 3.05) is 20.2 Å². The molecule has 0 aromatic rings. The third kappa shape index (κ3) is 2.92. The Morgan fingerprint density at radius 2 is 2.33 bits per heavy atom. The maximum absolute atomic E-state index is 11.0. The molecule has 4 nitrogen and oxygen atoms in total. The fraction of sp³-hybridized carbons (Fsp3) is 0.909. The summed E-state index contributed by atoms with van der Waals surface area (Å²) < 4.78 is 5.45. The molecule has 1 aliphatic rings. The minimum absolute atomic E-state index is 0.179. The molecule has 1 N–H and O–H groups in total. The van der Waals surface area contributed by atoms with Gasteiger partial charge in [-0.2, -0.15) is 0 Å². The lowest BCUT2D eigenvalue weighted by Crippen LogP contribution is -2.53. The summed E-state index contributed by atoms with van der Waals surface area (Å²) in [5, 5.41) is 9.09. The third-order valence-electron chi connectivity index (χ3n) is 3.29. The minimum Gasteiger partial charge on any atom is -0.480 e. The molecule has 0 saturated carbocycles. The predicted octanol–water partition coefficient (Wildman–Crippen LogP) is 1.35. The van der Waals surface area contributed by atoms with Crippen LogP contribution < -0.4 is 0 Å². The fourth-order valence-corrected chi connectivity index (χ4v) is 2.27. The highest BCUT2D eigenvalue weighted by molar-refractivity contribution is 5.73. The second-order valence-electron chi connectivity index (χ2n) is 4.49. The van der Waals surface area contributed by atoms with E-state index in [1.807, 2.05) is 18.7 Å². The van der Waals surface area contributed by atoms with Gasteiger partial charge in [0.05, 0.1) is 5.60 Å². The van der Waals surface area contributed by atoms with E-state index in [0.29, 0.717) is 13.0 Å². The molecule has 4 heteroatoms. The Balaban J connectivity index is 2.66. The maximum Gasteiger partial charge on any atom is 0.320 e. The van der Waals surface area contributed by atoms with Crippen LogP contribution in [0.2, 0.25) is 0 Å². The molecule has 88 valence electrons. The van der Waals surface area contributed by atoms with Crippen molar-refractivity contribution in [2.45, 2.75) is 44.8 Å². The molecule has 1 rings (SSSR count). The number of rotatable bonds is 4. The lowest BCUT2D eigenvalue weighted by molar-refractivity contribution is -0.146.